The van der Waals surface area contributed by atoms with Gasteiger partial charge in [0.1, 0.15) is 29.1 Å². The molecule has 0 fully saturated rings. The normalized spacial score (nSPS) is 11.1. The van der Waals surface area contributed by atoms with Crippen LogP contribution >= 0.6 is 0 Å². The molecule has 30 heavy (non-hydrogen) atoms. The first-order valence-electron chi connectivity index (χ1n) is 9.67. The Morgan fingerprint density at radius 3 is 2.13 bits per heavy atom. The minimum Gasteiger partial charge on any atom is -0.497 e. The van der Waals surface area contributed by atoms with Gasteiger partial charge in [0.2, 0.25) is 0 Å². The number of methoxy groups -OCH3 is 3. The van der Waals surface area contributed by atoms with Crippen LogP contribution in [-0.2, 0) is 0 Å². The summed E-state index contributed by atoms with van der Waals surface area (Å²) in [5, 5.41) is 0. The molecule has 0 saturated carbocycles. The fourth-order valence-electron chi connectivity index (χ4n) is 3.54. The van der Waals surface area contributed by atoms with Gasteiger partial charge < -0.3 is 18.8 Å². The van der Waals surface area contributed by atoms with Crippen molar-refractivity contribution in [2.24, 2.45) is 0 Å². The molecule has 0 amide bonds. The average Bonchev–Trinajstić information content (AvgIpc) is 3.18. The van der Waals surface area contributed by atoms with Crippen LogP contribution in [0.3, 0.4) is 0 Å². The number of nitrogens with zero attached hydrogens (tertiary/aromatic N) is 4. The number of fused-ring (bicyclic) bond motifs is 1. The van der Waals surface area contributed by atoms with Gasteiger partial charge in [-0.25, -0.2) is 15.0 Å². The van der Waals surface area contributed by atoms with Crippen LogP contribution in [0.5, 0.6) is 17.2 Å². The van der Waals surface area contributed by atoms with Crippen molar-refractivity contribution in [1.82, 2.24) is 19.5 Å². The lowest BCUT2D eigenvalue weighted by atomic mass is 10.1. The molecule has 0 atom stereocenters. The summed E-state index contributed by atoms with van der Waals surface area (Å²) >= 11 is 0. The van der Waals surface area contributed by atoms with Gasteiger partial charge in [0.05, 0.1) is 21.3 Å². The van der Waals surface area contributed by atoms with E-state index < -0.39 is 0 Å². The van der Waals surface area contributed by atoms with E-state index in [9.17, 15) is 0 Å². The van der Waals surface area contributed by atoms with Gasteiger partial charge in [-0.3, -0.25) is 0 Å². The molecule has 4 aromatic rings. The molecule has 0 spiro atoms. The lowest BCUT2D eigenvalue weighted by Crippen LogP contribution is -2.04. The fourth-order valence-corrected chi connectivity index (χ4v) is 3.54. The predicted octanol–water partition coefficient (Wildman–Crippen LogP) is 4.77. The lowest BCUT2D eigenvalue weighted by molar-refractivity contribution is 0.355. The molecular weight excluding hydrogens is 380 g/mol. The van der Waals surface area contributed by atoms with E-state index in [1.807, 2.05) is 42.5 Å². The summed E-state index contributed by atoms with van der Waals surface area (Å²) in [4.78, 5) is 14.1. The van der Waals surface area contributed by atoms with Gasteiger partial charge in [-0.2, -0.15) is 0 Å². The molecular formula is C23H24N4O3. The molecule has 0 aliphatic carbocycles. The molecule has 4 rings (SSSR count). The molecule has 0 N–H and O–H groups in total. The van der Waals surface area contributed by atoms with Gasteiger partial charge in [0.15, 0.2) is 17.1 Å². The summed E-state index contributed by atoms with van der Waals surface area (Å²) in [6.45, 7) is 4.23. The zero-order chi connectivity index (χ0) is 21.3. The largest absolute Gasteiger partial charge is 0.497 e. The Morgan fingerprint density at radius 2 is 1.50 bits per heavy atom. The Balaban J connectivity index is 1.93. The number of imidazole rings is 1. The summed E-state index contributed by atoms with van der Waals surface area (Å²) < 4.78 is 18.2. The second-order valence-electron chi connectivity index (χ2n) is 7.09. The quantitative estimate of drug-likeness (QED) is 0.461. The minimum absolute atomic E-state index is 0.167. The number of hydrogen-bond acceptors (Lipinski definition) is 6. The van der Waals surface area contributed by atoms with Gasteiger partial charge in [0, 0.05) is 17.2 Å². The Labute approximate surface area is 175 Å². The second-order valence-corrected chi connectivity index (χ2v) is 7.09. The monoisotopic (exact) mass is 404 g/mol. The number of benzene rings is 2. The molecule has 2 aromatic carbocycles. The molecule has 154 valence electrons. The first-order valence-corrected chi connectivity index (χ1v) is 9.67. The van der Waals surface area contributed by atoms with E-state index in [4.69, 9.17) is 19.2 Å². The first kappa shape index (κ1) is 19.7. The molecule has 0 radical (unpaired) electrons. The van der Waals surface area contributed by atoms with E-state index in [-0.39, 0.29) is 6.04 Å². The number of ether oxygens (including phenoxy) is 3. The number of aromatic nitrogens is 4. The van der Waals surface area contributed by atoms with Crippen molar-refractivity contribution >= 4 is 11.2 Å². The predicted molar refractivity (Wildman–Crippen MR) is 116 cm³/mol. The molecule has 0 saturated heterocycles. The van der Waals surface area contributed by atoms with Gasteiger partial charge in [0.25, 0.3) is 0 Å². The third-order valence-corrected chi connectivity index (χ3v) is 5.00. The smallest absolute Gasteiger partial charge is 0.164 e. The van der Waals surface area contributed by atoms with Crippen LogP contribution < -0.4 is 14.2 Å². The van der Waals surface area contributed by atoms with E-state index in [1.54, 1.807) is 27.7 Å². The Kier molecular flexibility index (Phi) is 5.27. The highest BCUT2D eigenvalue weighted by atomic mass is 16.5. The van der Waals surface area contributed by atoms with E-state index in [2.05, 4.69) is 28.4 Å². The molecule has 2 aromatic heterocycles. The molecule has 0 aliphatic heterocycles. The van der Waals surface area contributed by atoms with Crippen LogP contribution in [0.4, 0.5) is 0 Å². The second kappa shape index (κ2) is 8.02. The fraction of sp³-hybridized carbons (Fsp3) is 0.261. The summed E-state index contributed by atoms with van der Waals surface area (Å²) in [6, 6.07) is 13.8. The van der Waals surface area contributed by atoms with Crippen molar-refractivity contribution in [2.45, 2.75) is 19.9 Å². The standard InChI is InChI=1S/C23H24N4O3/c1-14(2)27-22(15-6-9-17(28-3)10-7-15)26-21-20(24-13-25-23(21)27)16-8-11-18(29-4)19(12-16)30-5/h6-14H,1-5H3. The maximum atomic E-state index is 5.46. The molecule has 7 nitrogen and oxygen atoms in total. The Bertz CT molecular complexity index is 1180. The molecule has 0 aliphatic rings. The van der Waals surface area contributed by atoms with Crippen LogP contribution in [0, 0.1) is 0 Å². The highest BCUT2D eigenvalue weighted by Crippen LogP contribution is 2.36. The van der Waals surface area contributed by atoms with Crippen LogP contribution in [0.25, 0.3) is 33.8 Å². The van der Waals surface area contributed by atoms with Gasteiger partial charge >= 0.3 is 0 Å². The number of hydrogen-bond donors (Lipinski definition) is 0. The summed E-state index contributed by atoms with van der Waals surface area (Å²) in [6.07, 6.45) is 1.58. The molecule has 2 heterocycles. The zero-order valence-corrected chi connectivity index (χ0v) is 17.7. The molecule has 0 bridgehead atoms. The summed E-state index contributed by atoms with van der Waals surface area (Å²) in [5.41, 5.74) is 4.14. The van der Waals surface area contributed by atoms with Crippen molar-refractivity contribution in [3.05, 3.63) is 48.8 Å². The topological polar surface area (TPSA) is 71.3 Å². The molecule has 0 unspecified atom stereocenters. The number of rotatable bonds is 6. The van der Waals surface area contributed by atoms with Crippen LogP contribution in [0.2, 0.25) is 0 Å². The summed E-state index contributed by atoms with van der Waals surface area (Å²) in [5.74, 6) is 2.94. The third kappa shape index (κ3) is 3.32. The van der Waals surface area contributed by atoms with E-state index in [1.165, 1.54) is 0 Å². The van der Waals surface area contributed by atoms with Gasteiger partial charge in [-0.15, -0.1) is 0 Å². The SMILES string of the molecule is COc1ccc(-c2nc3c(-c4ccc(OC)c(OC)c4)ncnc3n2C(C)C)cc1. The third-order valence-electron chi connectivity index (χ3n) is 5.00. The van der Waals surface area contributed by atoms with Crippen molar-refractivity contribution in [2.75, 3.05) is 21.3 Å². The Hall–Kier alpha value is -3.61. The maximum Gasteiger partial charge on any atom is 0.164 e. The van der Waals surface area contributed by atoms with Crippen LogP contribution in [0.1, 0.15) is 19.9 Å². The Morgan fingerprint density at radius 1 is 0.800 bits per heavy atom. The highest BCUT2D eigenvalue weighted by Gasteiger charge is 2.20. The highest BCUT2D eigenvalue weighted by molar-refractivity contribution is 5.90. The van der Waals surface area contributed by atoms with Crippen LogP contribution in [0.15, 0.2) is 48.8 Å². The van der Waals surface area contributed by atoms with Crippen molar-refractivity contribution in [3.8, 4) is 39.9 Å². The lowest BCUT2D eigenvalue weighted by Gasteiger charge is -2.13. The van der Waals surface area contributed by atoms with Gasteiger partial charge in [-0.1, -0.05) is 0 Å². The van der Waals surface area contributed by atoms with E-state index in [0.717, 1.165) is 39.6 Å². The van der Waals surface area contributed by atoms with Crippen molar-refractivity contribution < 1.29 is 14.2 Å². The van der Waals surface area contributed by atoms with E-state index in [0.29, 0.717) is 11.5 Å². The molecule has 7 heteroatoms. The van der Waals surface area contributed by atoms with E-state index >= 15 is 0 Å². The zero-order valence-electron chi connectivity index (χ0n) is 17.7. The maximum absolute atomic E-state index is 5.46. The first-order chi connectivity index (χ1) is 14.6. The van der Waals surface area contributed by atoms with Crippen molar-refractivity contribution in [3.63, 3.8) is 0 Å². The average molecular weight is 404 g/mol. The van der Waals surface area contributed by atoms with Crippen molar-refractivity contribution in [1.29, 1.82) is 0 Å². The minimum atomic E-state index is 0.167. The van der Waals surface area contributed by atoms with Crippen LogP contribution in [-0.4, -0.2) is 40.8 Å². The summed E-state index contributed by atoms with van der Waals surface area (Å²) in [7, 11) is 4.89. The van der Waals surface area contributed by atoms with Gasteiger partial charge in [-0.05, 0) is 56.3 Å².